The molecule has 0 aliphatic carbocycles. The van der Waals surface area contributed by atoms with E-state index in [1.165, 1.54) is 0 Å². The lowest BCUT2D eigenvalue weighted by molar-refractivity contribution is -0.128. The number of carbonyl (C=O) groups is 2. The highest BCUT2D eigenvalue weighted by atomic mass is 35.5. The van der Waals surface area contributed by atoms with E-state index in [-0.39, 0.29) is 18.0 Å². The van der Waals surface area contributed by atoms with Gasteiger partial charge in [0.15, 0.2) is 6.10 Å². The summed E-state index contributed by atoms with van der Waals surface area (Å²) in [7, 11) is 0. The maximum absolute atomic E-state index is 12.2. The second-order valence-corrected chi connectivity index (χ2v) is 6.12. The lowest BCUT2D eigenvalue weighted by atomic mass is 10.1. The number of rotatable bonds is 5. The molecule has 0 unspecified atom stereocenters. The Bertz CT molecular complexity index is 573. The molecule has 1 aromatic carbocycles. The van der Waals surface area contributed by atoms with Crippen molar-refractivity contribution in [3.05, 3.63) is 29.3 Å². The number of nitrogens with zero attached hydrogens (tertiary/aromatic N) is 1. The number of ether oxygens (including phenoxy) is 2. The molecule has 1 atom stereocenters. The largest absolute Gasteiger partial charge is 0.481 e. The van der Waals surface area contributed by atoms with Crippen molar-refractivity contribution in [1.82, 2.24) is 10.2 Å². The standard InChI is InChI=1S/C17H23ClN2O4/c1-3-23-17(22)20-9-7-14(8-10-20)19-16(21)12(2)24-15-6-4-5-13(18)11-15/h4-6,11-12,14H,3,7-10H2,1-2H3,(H,19,21)/t12-/m1/s1. The Morgan fingerprint density at radius 3 is 2.71 bits per heavy atom. The number of hydrogen-bond acceptors (Lipinski definition) is 4. The van der Waals surface area contributed by atoms with Crippen LogP contribution in [-0.4, -0.2) is 48.7 Å². The highest BCUT2D eigenvalue weighted by Crippen LogP contribution is 2.18. The highest BCUT2D eigenvalue weighted by molar-refractivity contribution is 6.30. The van der Waals surface area contributed by atoms with Crippen LogP contribution >= 0.6 is 11.6 Å². The Morgan fingerprint density at radius 2 is 2.08 bits per heavy atom. The molecule has 1 heterocycles. The van der Waals surface area contributed by atoms with E-state index in [9.17, 15) is 9.59 Å². The summed E-state index contributed by atoms with van der Waals surface area (Å²) in [6, 6.07) is 6.98. The molecule has 0 saturated carbocycles. The van der Waals surface area contributed by atoms with Gasteiger partial charge in [-0.1, -0.05) is 17.7 Å². The first-order valence-corrected chi connectivity index (χ1v) is 8.51. The minimum absolute atomic E-state index is 0.0357. The zero-order valence-corrected chi connectivity index (χ0v) is 14.7. The van der Waals surface area contributed by atoms with Gasteiger partial charge in [-0.15, -0.1) is 0 Å². The van der Waals surface area contributed by atoms with Crippen LogP contribution < -0.4 is 10.1 Å². The molecular weight excluding hydrogens is 332 g/mol. The van der Waals surface area contributed by atoms with Gasteiger partial charge in [-0.05, 0) is 44.9 Å². The smallest absolute Gasteiger partial charge is 0.409 e. The van der Waals surface area contributed by atoms with E-state index in [1.807, 2.05) is 0 Å². The van der Waals surface area contributed by atoms with Gasteiger partial charge in [0.2, 0.25) is 0 Å². The van der Waals surface area contributed by atoms with Gasteiger partial charge in [0.1, 0.15) is 5.75 Å². The van der Waals surface area contributed by atoms with Gasteiger partial charge in [0, 0.05) is 24.2 Å². The molecular formula is C17H23ClN2O4. The highest BCUT2D eigenvalue weighted by Gasteiger charge is 2.26. The number of piperidine rings is 1. The van der Waals surface area contributed by atoms with Crippen LogP contribution in [0, 0.1) is 0 Å². The van der Waals surface area contributed by atoms with Gasteiger partial charge in [0.05, 0.1) is 6.61 Å². The third-order valence-electron chi connectivity index (χ3n) is 3.85. The lowest BCUT2D eigenvalue weighted by Gasteiger charge is -2.32. The molecule has 1 aliphatic rings. The maximum Gasteiger partial charge on any atom is 0.409 e. The molecule has 0 spiro atoms. The fraction of sp³-hybridized carbons (Fsp3) is 0.529. The number of benzene rings is 1. The first-order chi connectivity index (χ1) is 11.5. The van der Waals surface area contributed by atoms with Crippen molar-refractivity contribution in [1.29, 1.82) is 0 Å². The molecule has 24 heavy (non-hydrogen) atoms. The van der Waals surface area contributed by atoms with Crippen LogP contribution in [0.3, 0.4) is 0 Å². The van der Waals surface area contributed by atoms with Crippen LogP contribution in [0.1, 0.15) is 26.7 Å². The normalized spacial score (nSPS) is 16.4. The van der Waals surface area contributed by atoms with Crippen molar-refractivity contribution < 1.29 is 19.1 Å². The van der Waals surface area contributed by atoms with E-state index in [0.717, 1.165) is 0 Å². The Labute approximate surface area is 147 Å². The molecule has 1 aliphatic heterocycles. The Morgan fingerprint density at radius 1 is 1.38 bits per heavy atom. The zero-order chi connectivity index (χ0) is 17.5. The molecule has 1 saturated heterocycles. The SMILES string of the molecule is CCOC(=O)N1CCC(NC(=O)[C@@H](C)Oc2cccc(Cl)c2)CC1. The topological polar surface area (TPSA) is 67.9 Å². The van der Waals surface area contributed by atoms with Gasteiger partial charge in [-0.25, -0.2) is 4.79 Å². The minimum Gasteiger partial charge on any atom is -0.481 e. The molecule has 6 nitrogen and oxygen atoms in total. The second-order valence-electron chi connectivity index (χ2n) is 5.69. The van der Waals surface area contributed by atoms with E-state index in [0.29, 0.717) is 43.3 Å². The van der Waals surface area contributed by atoms with Crippen LogP contribution in [0.4, 0.5) is 4.79 Å². The average molecular weight is 355 g/mol. The molecule has 2 rings (SSSR count). The summed E-state index contributed by atoms with van der Waals surface area (Å²) in [5, 5.41) is 3.53. The van der Waals surface area contributed by atoms with Crippen LogP contribution in [-0.2, 0) is 9.53 Å². The molecule has 0 bridgehead atoms. The number of nitrogens with one attached hydrogen (secondary N) is 1. The van der Waals surface area contributed by atoms with Gasteiger partial charge < -0.3 is 19.7 Å². The molecule has 132 valence electrons. The first-order valence-electron chi connectivity index (χ1n) is 8.14. The predicted molar refractivity (Wildman–Crippen MR) is 91.3 cm³/mol. The Kier molecular flexibility index (Phi) is 6.73. The molecule has 0 radical (unpaired) electrons. The summed E-state index contributed by atoms with van der Waals surface area (Å²) in [5.41, 5.74) is 0. The summed E-state index contributed by atoms with van der Waals surface area (Å²) in [4.78, 5) is 25.6. The molecule has 1 fully saturated rings. The first kappa shape index (κ1) is 18.4. The van der Waals surface area contributed by atoms with Crippen LogP contribution in [0.25, 0.3) is 0 Å². The third-order valence-corrected chi connectivity index (χ3v) is 4.08. The lowest BCUT2D eigenvalue weighted by Crippen LogP contribution is -2.49. The van der Waals surface area contributed by atoms with Crippen molar-refractivity contribution in [2.24, 2.45) is 0 Å². The van der Waals surface area contributed by atoms with Gasteiger partial charge in [-0.2, -0.15) is 0 Å². The van der Waals surface area contributed by atoms with E-state index in [1.54, 1.807) is 43.0 Å². The van der Waals surface area contributed by atoms with Crippen molar-refractivity contribution in [2.75, 3.05) is 19.7 Å². The number of hydrogen-bond donors (Lipinski definition) is 1. The Balaban J connectivity index is 1.77. The number of halogens is 1. The quantitative estimate of drug-likeness (QED) is 0.882. The molecule has 7 heteroatoms. The van der Waals surface area contributed by atoms with E-state index in [4.69, 9.17) is 21.1 Å². The van der Waals surface area contributed by atoms with Gasteiger partial charge >= 0.3 is 6.09 Å². The van der Waals surface area contributed by atoms with Crippen molar-refractivity contribution >= 4 is 23.6 Å². The molecule has 1 N–H and O–H groups in total. The minimum atomic E-state index is -0.619. The van der Waals surface area contributed by atoms with Crippen molar-refractivity contribution in [3.63, 3.8) is 0 Å². The van der Waals surface area contributed by atoms with E-state index in [2.05, 4.69) is 5.32 Å². The fourth-order valence-electron chi connectivity index (χ4n) is 2.54. The predicted octanol–water partition coefficient (Wildman–Crippen LogP) is 2.84. The van der Waals surface area contributed by atoms with Crippen LogP contribution in [0.15, 0.2) is 24.3 Å². The molecule has 1 aromatic rings. The number of amides is 2. The third kappa shape index (κ3) is 5.30. The summed E-state index contributed by atoms with van der Waals surface area (Å²) >= 11 is 5.90. The molecule has 0 aromatic heterocycles. The second kappa shape index (κ2) is 8.78. The average Bonchev–Trinajstić information content (AvgIpc) is 2.55. The fourth-order valence-corrected chi connectivity index (χ4v) is 2.72. The van der Waals surface area contributed by atoms with Crippen molar-refractivity contribution in [2.45, 2.75) is 38.8 Å². The van der Waals surface area contributed by atoms with E-state index < -0.39 is 6.10 Å². The Hall–Kier alpha value is -1.95. The van der Waals surface area contributed by atoms with Crippen molar-refractivity contribution in [3.8, 4) is 5.75 Å². The number of carbonyl (C=O) groups excluding carboxylic acids is 2. The molecule has 2 amide bonds. The summed E-state index contributed by atoms with van der Waals surface area (Å²) < 4.78 is 10.6. The number of likely N-dealkylation sites (tertiary alicyclic amines) is 1. The van der Waals surface area contributed by atoms with Crippen LogP contribution in [0.2, 0.25) is 5.02 Å². The maximum atomic E-state index is 12.2. The van der Waals surface area contributed by atoms with E-state index >= 15 is 0 Å². The zero-order valence-electron chi connectivity index (χ0n) is 14.0. The van der Waals surface area contributed by atoms with Gasteiger partial charge in [-0.3, -0.25) is 4.79 Å². The van der Waals surface area contributed by atoms with Crippen LogP contribution in [0.5, 0.6) is 5.75 Å². The monoisotopic (exact) mass is 354 g/mol. The van der Waals surface area contributed by atoms with Gasteiger partial charge in [0.25, 0.3) is 5.91 Å². The summed E-state index contributed by atoms with van der Waals surface area (Å²) in [6.07, 6.45) is 0.495. The summed E-state index contributed by atoms with van der Waals surface area (Å²) in [6.45, 7) is 5.00. The summed E-state index contributed by atoms with van der Waals surface area (Å²) in [5.74, 6) is 0.381.